The normalized spacial score (nSPS) is 35.1. The Balaban J connectivity index is 2.02. The summed E-state index contributed by atoms with van der Waals surface area (Å²) in [4.78, 5) is 12.3. The Morgan fingerprint density at radius 1 is 1.50 bits per heavy atom. The van der Waals surface area contributed by atoms with E-state index in [0.717, 1.165) is 0 Å². The molecule has 0 spiro atoms. The molecule has 1 aliphatic heterocycles. The van der Waals surface area contributed by atoms with Gasteiger partial charge in [-0.3, -0.25) is 4.79 Å². The van der Waals surface area contributed by atoms with Crippen molar-refractivity contribution in [1.82, 2.24) is 5.32 Å². The highest BCUT2D eigenvalue weighted by atomic mass is 16.5. The smallest absolute Gasteiger partial charge is 0.230 e. The number of hydrogen-bond donors (Lipinski definition) is 2. The molecule has 2 fully saturated rings. The first kappa shape index (κ1) is 11.9. The molecule has 0 bridgehead atoms. The fraction of sp³-hybridized carbons (Fsp3) is 0.917. The van der Waals surface area contributed by atoms with Gasteiger partial charge in [0.05, 0.1) is 18.6 Å². The molecular formula is C12H22N2O2. The van der Waals surface area contributed by atoms with Crippen molar-refractivity contribution in [2.45, 2.75) is 45.2 Å². The van der Waals surface area contributed by atoms with Gasteiger partial charge in [-0.05, 0) is 39.5 Å². The Labute approximate surface area is 96.9 Å². The van der Waals surface area contributed by atoms with E-state index in [1.165, 1.54) is 12.8 Å². The van der Waals surface area contributed by atoms with Crippen molar-refractivity contribution in [2.75, 3.05) is 13.2 Å². The van der Waals surface area contributed by atoms with Crippen LogP contribution in [0.2, 0.25) is 0 Å². The Morgan fingerprint density at radius 2 is 2.12 bits per heavy atom. The van der Waals surface area contributed by atoms with Gasteiger partial charge in [-0.25, -0.2) is 0 Å². The number of carbonyl (C=O) groups excluding carboxylic acids is 1. The summed E-state index contributed by atoms with van der Waals surface area (Å²) in [6.07, 6.45) is 2.43. The van der Waals surface area contributed by atoms with E-state index in [0.29, 0.717) is 19.1 Å². The maximum atomic E-state index is 12.3. The highest BCUT2D eigenvalue weighted by Crippen LogP contribution is 2.40. The van der Waals surface area contributed by atoms with E-state index in [2.05, 4.69) is 19.2 Å². The SMILES string of the molecule is CC(C)(NC(=O)C1(C)COCC1N)C1CC1. The van der Waals surface area contributed by atoms with Gasteiger partial charge in [-0.2, -0.15) is 0 Å². The molecule has 0 aromatic heterocycles. The topological polar surface area (TPSA) is 64.3 Å². The fourth-order valence-electron chi connectivity index (χ4n) is 2.27. The van der Waals surface area contributed by atoms with E-state index in [1.807, 2.05) is 6.92 Å². The fourth-order valence-corrected chi connectivity index (χ4v) is 2.27. The maximum absolute atomic E-state index is 12.3. The molecule has 2 unspecified atom stereocenters. The summed E-state index contributed by atoms with van der Waals surface area (Å²) in [5, 5.41) is 3.13. The number of nitrogens with two attached hydrogens (primary N) is 1. The zero-order valence-electron chi connectivity index (χ0n) is 10.4. The molecule has 2 rings (SSSR count). The van der Waals surface area contributed by atoms with E-state index >= 15 is 0 Å². The van der Waals surface area contributed by atoms with Crippen LogP contribution in [0.4, 0.5) is 0 Å². The standard InChI is InChI=1S/C12H22N2O2/c1-11(2,8-4-5-8)14-10(15)12(3)7-16-6-9(12)13/h8-9H,4-7,13H2,1-3H3,(H,14,15). The molecule has 1 heterocycles. The Bertz CT molecular complexity index is 299. The molecule has 3 N–H and O–H groups in total. The van der Waals surface area contributed by atoms with Gasteiger partial charge < -0.3 is 15.8 Å². The molecule has 0 aromatic carbocycles. The summed E-state index contributed by atoms with van der Waals surface area (Å²) in [7, 11) is 0. The van der Waals surface area contributed by atoms with Gasteiger partial charge in [0.1, 0.15) is 0 Å². The highest BCUT2D eigenvalue weighted by molar-refractivity contribution is 5.84. The minimum Gasteiger partial charge on any atom is -0.379 e. The predicted molar refractivity (Wildman–Crippen MR) is 61.8 cm³/mol. The highest BCUT2D eigenvalue weighted by Gasteiger charge is 2.47. The summed E-state index contributed by atoms with van der Waals surface area (Å²) in [6.45, 7) is 6.98. The number of rotatable bonds is 3. The molecule has 2 aliphatic rings. The minimum absolute atomic E-state index is 0.0365. The molecular weight excluding hydrogens is 204 g/mol. The minimum atomic E-state index is -0.563. The molecule has 0 aromatic rings. The maximum Gasteiger partial charge on any atom is 0.230 e. The summed E-state index contributed by atoms with van der Waals surface area (Å²) in [5.41, 5.74) is 5.27. The third kappa shape index (κ3) is 1.96. The second kappa shape index (κ2) is 3.70. The van der Waals surface area contributed by atoms with Crippen molar-refractivity contribution in [2.24, 2.45) is 17.1 Å². The van der Waals surface area contributed by atoms with Crippen LogP contribution < -0.4 is 11.1 Å². The van der Waals surface area contributed by atoms with Crippen LogP contribution in [-0.4, -0.2) is 30.7 Å². The van der Waals surface area contributed by atoms with Gasteiger partial charge in [-0.1, -0.05) is 0 Å². The monoisotopic (exact) mass is 226 g/mol. The Kier molecular flexibility index (Phi) is 2.75. The zero-order chi connectivity index (χ0) is 12.0. The predicted octanol–water partition coefficient (Wildman–Crippen LogP) is 0.655. The Morgan fingerprint density at radius 3 is 2.56 bits per heavy atom. The molecule has 92 valence electrons. The first-order valence-corrected chi connectivity index (χ1v) is 6.02. The molecule has 0 radical (unpaired) electrons. The van der Waals surface area contributed by atoms with E-state index in [1.54, 1.807) is 0 Å². The first-order chi connectivity index (χ1) is 7.36. The molecule has 2 atom stereocenters. The average molecular weight is 226 g/mol. The van der Waals surface area contributed by atoms with Gasteiger partial charge >= 0.3 is 0 Å². The number of ether oxygens (including phenoxy) is 1. The Hall–Kier alpha value is -0.610. The van der Waals surface area contributed by atoms with Gasteiger partial charge in [0, 0.05) is 11.6 Å². The molecule has 1 saturated carbocycles. The number of hydrogen-bond acceptors (Lipinski definition) is 3. The van der Waals surface area contributed by atoms with Crippen molar-refractivity contribution in [3.63, 3.8) is 0 Å². The first-order valence-electron chi connectivity index (χ1n) is 6.02. The number of nitrogens with one attached hydrogen (secondary N) is 1. The van der Waals surface area contributed by atoms with Gasteiger partial charge in [-0.15, -0.1) is 0 Å². The van der Waals surface area contributed by atoms with E-state index < -0.39 is 5.41 Å². The summed E-state index contributed by atoms with van der Waals surface area (Å²) in [5.74, 6) is 0.660. The second-order valence-corrected chi connectivity index (χ2v) is 5.99. The molecule has 4 heteroatoms. The van der Waals surface area contributed by atoms with Gasteiger partial charge in [0.25, 0.3) is 0 Å². The van der Waals surface area contributed by atoms with Crippen LogP contribution in [0.1, 0.15) is 33.6 Å². The van der Waals surface area contributed by atoms with Crippen LogP contribution in [0.5, 0.6) is 0 Å². The molecule has 1 amide bonds. The quantitative estimate of drug-likeness (QED) is 0.743. The zero-order valence-corrected chi connectivity index (χ0v) is 10.4. The average Bonchev–Trinajstić information content (AvgIpc) is 2.95. The van der Waals surface area contributed by atoms with Crippen molar-refractivity contribution in [3.8, 4) is 0 Å². The van der Waals surface area contributed by atoms with E-state index in [-0.39, 0.29) is 17.5 Å². The van der Waals surface area contributed by atoms with E-state index in [4.69, 9.17) is 10.5 Å². The third-order valence-electron chi connectivity index (χ3n) is 4.07. The lowest BCUT2D eigenvalue weighted by Crippen LogP contribution is -2.56. The van der Waals surface area contributed by atoms with Gasteiger partial charge in [0.15, 0.2) is 0 Å². The molecule has 1 aliphatic carbocycles. The lowest BCUT2D eigenvalue weighted by atomic mass is 9.83. The molecule has 16 heavy (non-hydrogen) atoms. The van der Waals surface area contributed by atoms with Crippen LogP contribution in [0.3, 0.4) is 0 Å². The molecule has 4 nitrogen and oxygen atoms in total. The van der Waals surface area contributed by atoms with Crippen LogP contribution in [-0.2, 0) is 9.53 Å². The van der Waals surface area contributed by atoms with Crippen molar-refractivity contribution < 1.29 is 9.53 Å². The molecule has 1 saturated heterocycles. The van der Waals surface area contributed by atoms with Crippen LogP contribution in [0.25, 0.3) is 0 Å². The lowest BCUT2D eigenvalue weighted by molar-refractivity contribution is -0.132. The summed E-state index contributed by atoms with van der Waals surface area (Å²) < 4.78 is 5.30. The summed E-state index contributed by atoms with van der Waals surface area (Å²) >= 11 is 0. The van der Waals surface area contributed by atoms with Crippen LogP contribution in [0.15, 0.2) is 0 Å². The van der Waals surface area contributed by atoms with Gasteiger partial charge in [0.2, 0.25) is 5.91 Å². The second-order valence-electron chi connectivity index (χ2n) is 5.99. The van der Waals surface area contributed by atoms with Crippen LogP contribution in [0, 0.1) is 11.3 Å². The largest absolute Gasteiger partial charge is 0.379 e. The lowest BCUT2D eigenvalue weighted by Gasteiger charge is -2.33. The van der Waals surface area contributed by atoms with Crippen molar-refractivity contribution in [1.29, 1.82) is 0 Å². The van der Waals surface area contributed by atoms with Crippen molar-refractivity contribution in [3.05, 3.63) is 0 Å². The third-order valence-corrected chi connectivity index (χ3v) is 4.07. The number of amides is 1. The summed E-state index contributed by atoms with van der Waals surface area (Å²) in [6, 6.07) is -0.192. The number of carbonyl (C=O) groups is 1. The van der Waals surface area contributed by atoms with Crippen LogP contribution >= 0.6 is 0 Å². The van der Waals surface area contributed by atoms with Crippen molar-refractivity contribution >= 4 is 5.91 Å². The van der Waals surface area contributed by atoms with E-state index in [9.17, 15) is 4.79 Å².